The highest BCUT2D eigenvalue weighted by Crippen LogP contribution is 2.31. The lowest BCUT2D eigenvalue weighted by molar-refractivity contribution is 0.566. The predicted octanol–water partition coefficient (Wildman–Crippen LogP) is 4.81. The van der Waals surface area contributed by atoms with E-state index in [0.29, 0.717) is 11.8 Å². The summed E-state index contributed by atoms with van der Waals surface area (Å²) < 4.78 is 1.96. The number of rotatable bonds is 3. The molecule has 1 heterocycles. The topological polar surface area (TPSA) is 30.7 Å². The van der Waals surface area contributed by atoms with Crippen LogP contribution in [0.3, 0.4) is 0 Å². The number of aromatic nitrogens is 3. The fourth-order valence-corrected chi connectivity index (χ4v) is 2.49. The van der Waals surface area contributed by atoms with Crippen molar-refractivity contribution >= 4 is 0 Å². The van der Waals surface area contributed by atoms with Crippen molar-refractivity contribution in [1.29, 1.82) is 0 Å². The maximum atomic E-state index is 4.41. The second kappa shape index (κ2) is 5.63. The van der Waals surface area contributed by atoms with Crippen molar-refractivity contribution in [3.63, 3.8) is 0 Å². The molecular formula is C18H27N3. The van der Waals surface area contributed by atoms with E-state index in [1.807, 2.05) is 4.68 Å². The minimum atomic E-state index is 0.0169. The fourth-order valence-electron chi connectivity index (χ4n) is 2.49. The van der Waals surface area contributed by atoms with Crippen molar-refractivity contribution in [2.45, 2.75) is 65.7 Å². The zero-order chi connectivity index (χ0) is 15.8. The molecule has 0 spiro atoms. The molecule has 0 radical (unpaired) electrons. The fraction of sp³-hybridized carbons (Fsp3) is 0.556. The molecular weight excluding hydrogens is 258 g/mol. The predicted molar refractivity (Wildman–Crippen MR) is 88.2 cm³/mol. The van der Waals surface area contributed by atoms with Crippen LogP contribution in [0, 0.1) is 0 Å². The van der Waals surface area contributed by atoms with Gasteiger partial charge in [0.2, 0.25) is 0 Å². The van der Waals surface area contributed by atoms with Crippen LogP contribution in [-0.4, -0.2) is 15.0 Å². The van der Waals surface area contributed by atoms with Gasteiger partial charge in [-0.3, -0.25) is 0 Å². The summed E-state index contributed by atoms with van der Waals surface area (Å²) in [4.78, 5) is 0. The molecule has 21 heavy (non-hydrogen) atoms. The molecule has 3 nitrogen and oxygen atoms in total. The van der Waals surface area contributed by atoms with Gasteiger partial charge in [-0.25, -0.2) is 4.68 Å². The first kappa shape index (κ1) is 15.7. The molecule has 0 saturated carbocycles. The number of benzene rings is 1. The van der Waals surface area contributed by atoms with Gasteiger partial charge in [0.1, 0.15) is 0 Å². The third kappa shape index (κ3) is 3.17. The van der Waals surface area contributed by atoms with Gasteiger partial charge in [-0.05, 0) is 23.0 Å². The molecule has 0 fully saturated rings. The summed E-state index contributed by atoms with van der Waals surface area (Å²) in [5, 5.41) is 8.78. The standard InChI is InChI=1S/C18H27N3/c1-12(2)14-9-8-10-15(13(3)4)17(14)21-11-16(19-20-21)18(5,6)7/h8-13H,1-7H3. The van der Waals surface area contributed by atoms with E-state index in [4.69, 9.17) is 0 Å². The molecule has 2 aromatic rings. The van der Waals surface area contributed by atoms with Crippen LogP contribution in [0.1, 0.15) is 77.1 Å². The summed E-state index contributed by atoms with van der Waals surface area (Å²) in [6, 6.07) is 6.55. The van der Waals surface area contributed by atoms with Crippen molar-refractivity contribution < 1.29 is 0 Å². The Morgan fingerprint density at radius 3 is 1.86 bits per heavy atom. The zero-order valence-corrected chi connectivity index (χ0v) is 14.3. The molecule has 0 saturated heterocycles. The summed E-state index contributed by atoms with van der Waals surface area (Å²) in [7, 11) is 0. The molecule has 0 aliphatic heterocycles. The van der Waals surface area contributed by atoms with Crippen molar-refractivity contribution in [2.75, 3.05) is 0 Å². The third-order valence-electron chi connectivity index (χ3n) is 3.83. The van der Waals surface area contributed by atoms with Crippen LogP contribution in [0.25, 0.3) is 5.69 Å². The first-order chi connectivity index (χ1) is 9.71. The largest absolute Gasteiger partial charge is 0.220 e. The lowest BCUT2D eigenvalue weighted by Crippen LogP contribution is -2.11. The van der Waals surface area contributed by atoms with Crippen LogP contribution in [0.5, 0.6) is 0 Å². The average Bonchev–Trinajstić information content (AvgIpc) is 2.86. The van der Waals surface area contributed by atoms with Crippen molar-refractivity contribution in [2.24, 2.45) is 0 Å². The monoisotopic (exact) mass is 285 g/mol. The van der Waals surface area contributed by atoms with Crippen LogP contribution in [0.2, 0.25) is 0 Å². The van der Waals surface area contributed by atoms with Gasteiger partial charge in [-0.1, -0.05) is 71.9 Å². The van der Waals surface area contributed by atoms with Gasteiger partial charge < -0.3 is 0 Å². The Morgan fingerprint density at radius 2 is 1.48 bits per heavy atom. The second-order valence-electron chi connectivity index (χ2n) is 7.39. The average molecular weight is 285 g/mol. The summed E-state index contributed by atoms with van der Waals surface area (Å²) >= 11 is 0. The quantitative estimate of drug-likeness (QED) is 0.810. The summed E-state index contributed by atoms with van der Waals surface area (Å²) in [5.74, 6) is 0.918. The molecule has 0 bridgehead atoms. The van der Waals surface area contributed by atoms with Gasteiger partial charge in [0.15, 0.2) is 0 Å². The zero-order valence-electron chi connectivity index (χ0n) is 14.3. The molecule has 1 aromatic carbocycles. The van der Waals surface area contributed by atoms with Crippen molar-refractivity contribution in [3.05, 3.63) is 41.2 Å². The van der Waals surface area contributed by atoms with Gasteiger partial charge in [-0.15, -0.1) is 5.10 Å². The number of nitrogens with zero attached hydrogens (tertiary/aromatic N) is 3. The number of hydrogen-bond acceptors (Lipinski definition) is 2. The normalized spacial score (nSPS) is 12.4. The van der Waals surface area contributed by atoms with E-state index in [1.165, 1.54) is 16.8 Å². The Hall–Kier alpha value is -1.64. The molecule has 0 N–H and O–H groups in total. The van der Waals surface area contributed by atoms with Crippen LogP contribution < -0.4 is 0 Å². The highest BCUT2D eigenvalue weighted by Gasteiger charge is 2.21. The van der Waals surface area contributed by atoms with E-state index in [9.17, 15) is 0 Å². The van der Waals surface area contributed by atoms with Gasteiger partial charge >= 0.3 is 0 Å². The molecule has 0 amide bonds. The van der Waals surface area contributed by atoms with E-state index in [2.05, 4.69) is 83.2 Å². The van der Waals surface area contributed by atoms with Crippen molar-refractivity contribution in [1.82, 2.24) is 15.0 Å². The highest BCUT2D eigenvalue weighted by molar-refractivity contribution is 5.50. The number of hydrogen-bond donors (Lipinski definition) is 0. The van der Waals surface area contributed by atoms with Crippen LogP contribution in [0.4, 0.5) is 0 Å². The molecule has 0 unspecified atom stereocenters. The summed E-state index contributed by atoms with van der Waals surface area (Å²) in [6.45, 7) is 15.4. The molecule has 0 atom stereocenters. The third-order valence-corrected chi connectivity index (χ3v) is 3.83. The Kier molecular flexibility index (Phi) is 4.22. The smallest absolute Gasteiger partial charge is 0.0885 e. The maximum Gasteiger partial charge on any atom is 0.0885 e. The van der Waals surface area contributed by atoms with Gasteiger partial charge in [0.05, 0.1) is 17.6 Å². The SMILES string of the molecule is CC(C)c1cccc(C(C)C)c1-n1cc(C(C)(C)C)nn1. The number of para-hydroxylation sites is 1. The Balaban J connectivity index is 2.64. The van der Waals surface area contributed by atoms with Crippen LogP contribution >= 0.6 is 0 Å². The lowest BCUT2D eigenvalue weighted by atomic mass is 9.92. The first-order valence-corrected chi connectivity index (χ1v) is 7.77. The minimum absolute atomic E-state index is 0.0169. The van der Waals surface area contributed by atoms with E-state index in [-0.39, 0.29) is 5.41 Å². The summed E-state index contributed by atoms with van der Waals surface area (Å²) in [6.07, 6.45) is 2.08. The van der Waals surface area contributed by atoms with Crippen LogP contribution in [0.15, 0.2) is 24.4 Å². The van der Waals surface area contributed by atoms with E-state index < -0.39 is 0 Å². The molecule has 2 rings (SSSR count). The van der Waals surface area contributed by atoms with E-state index in [1.54, 1.807) is 0 Å². The molecule has 0 aliphatic rings. The van der Waals surface area contributed by atoms with Crippen molar-refractivity contribution in [3.8, 4) is 5.69 Å². The van der Waals surface area contributed by atoms with E-state index >= 15 is 0 Å². The van der Waals surface area contributed by atoms with Gasteiger partial charge in [-0.2, -0.15) is 0 Å². The van der Waals surface area contributed by atoms with Gasteiger partial charge in [0, 0.05) is 5.41 Å². The van der Waals surface area contributed by atoms with E-state index in [0.717, 1.165) is 5.69 Å². The highest BCUT2D eigenvalue weighted by atomic mass is 15.4. The minimum Gasteiger partial charge on any atom is -0.220 e. The molecule has 0 aliphatic carbocycles. The van der Waals surface area contributed by atoms with Crippen LogP contribution in [-0.2, 0) is 5.41 Å². The van der Waals surface area contributed by atoms with Gasteiger partial charge in [0.25, 0.3) is 0 Å². The Labute approximate surface area is 128 Å². The molecule has 114 valence electrons. The second-order valence-corrected chi connectivity index (χ2v) is 7.39. The molecule has 3 heteroatoms. The Morgan fingerprint density at radius 1 is 0.952 bits per heavy atom. The molecule has 1 aromatic heterocycles. The lowest BCUT2D eigenvalue weighted by Gasteiger charge is -2.19. The Bertz CT molecular complexity index is 589. The summed E-state index contributed by atoms with van der Waals surface area (Å²) in [5.41, 5.74) is 4.89. The maximum absolute atomic E-state index is 4.41. The first-order valence-electron chi connectivity index (χ1n) is 7.77.